The van der Waals surface area contributed by atoms with Crippen LogP contribution in [0.2, 0.25) is 0 Å². The van der Waals surface area contributed by atoms with E-state index in [1.165, 1.54) is 44.3 Å². The van der Waals surface area contributed by atoms with Crippen molar-refractivity contribution < 1.29 is 9.53 Å². The van der Waals surface area contributed by atoms with Crippen LogP contribution in [-0.2, 0) is 0 Å². The molecule has 1 N–H and O–H groups in total. The second-order valence-corrected chi connectivity index (χ2v) is 14.8. The minimum atomic E-state index is 0.443. The molecule has 3 fully saturated rings. The molecule has 2 aromatic carbocycles. The number of piperidine rings is 1. The molecule has 4 heterocycles. The van der Waals surface area contributed by atoms with Gasteiger partial charge in [-0.25, -0.2) is 4.98 Å². The number of hydrogen-bond donors (Lipinski definition) is 1. The van der Waals surface area contributed by atoms with Crippen LogP contribution in [0.4, 0.5) is 5.69 Å². The van der Waals surface area contributed by atoms with Crippen molar-refractivity contribution >= 4 is 23.0 Å². The van der Waals surface area contributed by atoms with E-state index in [-0.39, 0.29) is 0 Å². The van der Waals surface area contributed by atoms with Crippen LogP contribution < -0.4 is 9.64 Å². The molecule has 242 valence electrons. The van der Waals surface area contributed by atoms with Crippen molar-refractivity contribution in [3.05, 3.63) is 83.7 Å². The summed E-state index contributed by atoms with van der Waals surface area (Å²) < 4.78 is 6.22. The predicted octanol–water partition coefficient (Wildman–Crippen LogP) is 8.06. The number of piperazine rings is 1. The van der Waals surface area contributed by atoms with Gasteiger partial charge >= 0.3 is 0 Å². The largest absolute Gasteiger partial charge is 0.455 e. The third-order valence-electron chi connectivity index (χ3n) is 10.8. The van der Waals surface area contributed by atoms with E-state index in [0.717, 1.165) is 49.2 Å². The number of aldehydes is 1. The standard InChI is InChI=1S/C39H49N5O2/c1-27(2)24-42-17-18-44(36(25-42)35-8-6-5-7-34(35)28(3)4)32-21-39(22-32)12-15-43(16-13-39)31-10-9-30(26-45)37(20-31)46-33-19-29-11-14-40-38(29)41-23-33/h5-11,14,19-20,23,26-28,32,36H,12-13,15-18,21-22,24-25H2,1-4H3,(H,40,41). The third kappa shape index (κ3) is 6.19. The first-order valence-electron chi connectivity index (χ1n) is 17.3. The highest BCUT2D eigenvalue weighted by atomic mass is 16.5. The Kier molecular flexibility index (Phi) is 8.64. The van der Waals surface area contributed by atoms with Crippen LogP contribution in [0.15, 0.2) is 67.0 Å². The van der Waals surface area contributed by atoms with E-state index < -0.39 is 0 Å². The first-order chi connectivity index (χ1) is 22.3. The van der Waals surface area contributed by atoms with Crippen molar-refractivity contribution in [1.82, 2.24) is 19.8 Å². The highest BCUT2D eigenvalue weighted by molar-refractivity contribution is 5.81. The fourth-order valence-electron chi connectivity index (χ4n) is 8.42. The van der Waals surface area contributed by atoms with Crippen LogP contribution in [0.3, 0.4) is 0 Å². The number of benzene rings is 2. The number of H-pyrrole nitrogens is 1. The number of aromatic nitrogens is 2. The predicted molar refractivity (Wildman–Crippen MR) is 186 cm³/mol. The monoisotopic (exact) mass is 619 g/mol. The maximum absolute atomic E-state index is 11.9. The number of nitrogens with zero attached hydrogens (tertiary/aromatic N) is 4. The quantitative estimate of drug-likeness (QED) is 0.191. The lowest BCUT2D eigenvalue weighted by Gasteiger charge is -2.58. The van der Waals surface area contributed by atoms with Crippen molar-refractivity contribution in [2.75, 3.05) is 44.2 Å². The van der Waals surface area contributed by atoms with Crippen LogP contribution in [0, 0.1) is 11.3 Å². The summed E-state index contributed by atoms with van der Waals surface area (Å²) in [5, 5.41) is 0.981. The minimum absolute atomic E-state index is 0.443. The summed E-state index contributed by atoms with van der Waals surface area (Å²) in [4.78, 5) is 27.5. The molecule has 0 radical (unpaired) electrons. The normalized spacial score (nSPS) is 20.9. The van der Waals surface area contributed by atoms with Gasteiger partial charge in [-0.2, -0.15) is 0 Å². The smallest absolute Gasteiger partial charge is 0.153 e. The Balaban J connectivity index is 1.02. The van der Waals surface area contributed by atoms with Crippen molar-refractivity contribution in [2.24, 2.45) is 11.3 Å². The third-order valence-corrected chi connectivity index (χ3v) is 10.8. The fourth-order valence-corrected chi connectivity index (χ4v) is 8.42. The topological polar surface area (TPSA) is 64.7 Å². The molecule has 0 amide bonds. The van der Waals surface area contributed by atoms with Crippen molar-refractivity contribution in [1.29, 1.82) is 0 Å². The zero-order valence-corrected chi connectivity index (χ0v) is 27.9. The number of pyridine rings is 1. The first kappa shape index (κ1) is 30.9. The Morgan fingerprint density at radius 1 is 1.00 bits per heavy atom. The van der Waals surface area contributed by atoms with Crippen LogP contribution >= 0.6 is 0 Å². The van der Waals surface area contributed by atoms with Crippen molar-refractivity contribution in [3.8, 4) is 11.5 Å². The SMILES string of the molecule is CC(C)CN1CCN(C2CC3(CCN(c4ccc(C=O)c(Oc5cnc6[nH]ccc6c5)c4)CC3)C2)C(c2ccccc2C(C)C)C1. The van der Waals surface area contributed by atoms with Gasteiger partial charge in [-0.3, -0.25) is 14.6 Å². The maximum Gasteiger partial charge on any atom is 0.153 e. The molecule has 1 spiro atoms. The summed E-state index contributed by atoms with van der Waals surface area (Å²) >= 11 is 0. The van der Waals surface area contributed by atoms with Gasteiger partial charge in [0.2, 0.25) is 0 Å². The van der Waals surface area contributed by atoms with Crippen LogP contribution in [0.25, 0.3) is 11.0 Å². The van der Waals surface area contributed by atoms with Gasteiger partial charge in [0.25, 0.3) is 0 Å². The van der Waals surface area contributed by atoms with Gasteiger partial charge in [-0.05, 0) is 78.3 Å². The van der Waals surface area contributed by atoms with E-state index in [1.807, 2.05) is 30.5 Å². The first-order valence-corrected chi connectivity index (χ1v) is 17.3. The molecule has 2 aliphatic heterocycles. The lowest BCUT2D eigenvalue weighted by Crippen LogP contribution is -2.60. The number of aromatic amines is 1. The number of carbonyl (C=O) groups excluding carboxylic acids is 1. The summed E-state index contributed by atoms with van der Waals surface area (Å²) in [5.74, 6) is 2.43. The zero-order chi connectivity index (χ0) is 31.8. The molecule has 7 rings (SSSR count). The zero-order valence-electron chi connectivity index (χ0n) is 27.9. The number of fused-ring (bicyclic) bond motifs is 1. The highest BCUT2D eigenvalue weighted by Gasteiger charge is 2.50. The van der Waals surface area contributed by atoms with Crippen molar-refractivity contribution in [2.45, 2.75) is 71.4 Å². The molecule has 7 heteroatoms. The molecule has 1 aliphatic carbocycles. The lowest BCUT2D eigenvalue weighted by molar-refractivity contribution is -0.0628. The van der Waals surface area contributed by atoms with E-state index in [2.05, 4.69) is 82.7 Å². The Morgan fingerprint density at radius 3 is 2.57 bits per heavy atom. The molecule has 0 bridgehead atoms. The van der Waals surface area contributed by atoms with Crippen LogP contribution in [0.5, 0.6) is 11.5 Å². The number of anilines is 1. The molecular formula is C39H49N5O2. The number of carbonyl (C=O) groups is 1. The molecule has 1 saturated carbocycles. The molecule has 1 unspecified atom stereocenters. The average Bonchev–Trinajstić information content (AvgIpc) is 3.52. The summed E-state index contributed by atoms with van der Waals surface area (Å²) in [6.45, 7) is 16.1. The highest BCUT2D eigenvalue weighted by Crippen LogP contribution is 2.53. The molecule has 1 atom stereocenters. The summed E-state index contributed by atoms with van der Waals surface area (Å²) in [6.07, 6.45) is 9.47. The molecule has 2 aromatic heterocycles. The van der Waals surface area contributed by atoms with Gasteiger partial charge in [-0.1, -0.05) is 52.0 Å². The molecule has 2 saturated heterocycles. The van der Waals surface area contributed by atoms with Gasteiger partial charge in [-0.15, -0.1) is 0 Å². The van der Waals surface area contributed by atoms with Gasteiger partial charge in [0, 0.05) is 74.7 Å². The van der Waals surface area contributed by atoms with Gasteiger partial charge < -0.3 is 14.6 Å². The van der Waals surface area contributed by atoms with E-state index in [4.69, 9.17) is 4.74 Å². The van der Waals surface area contributed by atoms with E-state index in [0.29, 0.717) is 46.4 Å². The number of rotatable bonds is 9. The summed E-state index contributed by atoms with van der Waals surface area (Å²) in [6, 6.07) is 20.3. The molecule has 7 nitrogen and oxygen atoms in total. The van der Waals surface area contributed by atoms with Crippen LogP contribution in [0.1, 0.15) is 86.8 Å². The Hall–Kier alpha value is -3.68. The fraction of sp³-hybridized carbons (Fsp3) is 0.487. The van der Waals surface area contributed by atoms with Gasteiger partial charge in [0.15, 0.2) is 6.29 Å². The second kappa shape index (κ2) is 12.8. The molecule has 4 aromatic rings. The summed E-state index contributed by atoms with van der Waals surface area (Å²) in [5.41, 5.74) is 5.99. The Bertz CT molecular complexity index is 1660. The second-order valence-electron chi connectivity index (χ2n) is 14.8. The average molecular weight is 620 g/mol. The van der Waals surface area contributed by atoms with Gasteiger partial charge in [0.1, 0.15) is 17.1 Å². The van der Waals surface area contributed by atoms with E-state index >= 15 is 0 Å². The number of ether oxygens (including phenoxy) is 1. The van der Waals surface area contributed by atoms with Gasteiger partial charge in [0.05, 0.1) is 11.8 Å². The number of hydrogen-bond acceptors (Lipinski definition) is 6. The minimum Gasteiger partial charge on any atom is -0.455 e. The summed E-state index contributed by atoms with van der Waals surface area (Å²) in [7, 11) is 0. The Labute approximate surface area is 273 Å². The maximum atomic E-state index is 11.9. The van der Waals surface area contributed by atoms with Crippen molar-refractivity contribution in [3.63, 3.8) is 0 Å². The van der Waals surface area contributed by atoms with Crippen LogP contribution in [-0.4, -0.2) is 71.4 Å². The van der Waals surface area contributed by atoms with E-state index in [1.54, 1.807) is 11.8 Å². The van der Waals surface area contributed by atoms with E-state index in [9.17, 15) is 4.79 Å². The molecule has 46 heavy (non-hydrogen) atoms. The Morgan fingerprint density at radius 2 is 1.80 bits per heavy atom. The lowest BCUT2D eigenvalue weighted by atomic mass is 9.59. The molecule has 3 aliphatic rings. The molecular weight excluding hydrogens is 570 g/mol. The number of nitrogens with one attached hydrogen (secondary N) is 1.